The van der Waals surface area contributed by atoms with Crippen LogP contribution in [0.5, 0.6) is 10.8 Å². The standard InChI is InChI=1S/C20H19F3N4O2S2/c1-26(2)31-14-8-6-7-13(11-14)27(3)19(28)25-18-24-12-17(30-18)29-16-10-5-4-9-15(16)20(21,22)23/h4-12H,1-3H3,(H,24,25,28). The Morgan fingerprint density at radius 2 is 1.87 bits per heavy atom. The van der Waals surface area contributed by atoms with Crippen LogP contribution in [-0.2, 0) is 6.18 Å². The summed E-state index contributed by atoms with van der Waals surface area (Å²) < 4.78 is 46.7. The molecule has 1 N–H and O–H groups in total. The molecule has 3 aromatic rings. The Kier molecular flexibility index (Phi) is 7.08. The Morgan fingerprint density at radius 3 is 2.58 bits per heavy atom. The maximum absolute atomic E-state index is 13.1. The highest BCUT2D eigenvalue weighted by atomic mass is 32.2. The number of halogens is 3. The van der Waals surface area contributed by atoms with Gasteiger partial charge in [-0.25, -0.2) is 9.78 Å². The van der Waals surface area contributed by atoms with Crippen molar-refractivity contribution in [2.24, 2.45) is 0 Å². The lowest BCUT2D eigenvalue weighted by Gasteiger charge is -2.18. The number of rotatable bonds is 6. The summed E-state index contributed by atoms with van der Waals surface area (Å²) in [6, 6.07) is 11.9. The number of anilines is 2. The van der Waals surface area contributed by atoms with Crippen molar-refractivity contribution in [1.29, 1.82) is 0 Å². The van der Waals surface area contributed by atoms with Crippen molar-refractivity contribution in [3.8, 4) is 10.8 Å². The van der Waals surface area contributed by atoms with E-state index >= 15 is 0 Å². The second-order valence-electron chi connectivity index (χ2n) is 6.47. The van der Waals surface area contributed by atoms with Crippen LogP contribution in [0.2, 0.25) is 0 Å². The summed E-state index contributed by atoms with van der Waals surface area (Å²) in [7, 11) is 5.45. The molecule has 0 aliphatic heterocycles. The number of para-hydroxylation sites is 1. The molecule has 11 heteroatoms. The molecule has 0 fully saturated rings. The minimum Gasteiger partial charge on any atom is -0.444 e. The molecular weight excluding hydrogens is 449 g/mol. The molecule has 0 saturated carbocycles. The van der Waals surface area contributed by atoms with Crippen LogP contribution in [0.15, 0.2) is 59.6 Å². The SMILES string of the molecule is CN(C)Sc1cccc(N(C)C(=O)Nc2ncc(Oc3ccccc3C(F)(F)F)s2)c1. The number of carbonyl (C=O) groups excluding carboxylic acids is 1. The molecule has 0 atom stereocenters. The smallest absolute Gasteiger partial charge is 0.419 e. The Balaban J connectivity index is 1.68. The van der Waals surface area contributed by atoms with Crippen LogP contribution in [0.25, 0.3) is 0 Å². The fourth-order valence-corrected chi connectivity index (χ4v) is 3.92. The van der Waals surface area contributed by atoms with Crippen molar-refractivity contribution in [2.75, 3.05) is 31.4 Å². The first-order chi connectivity index (χ1) is 14.6. The average Bonchev–Trinajstić information content (AvgIpc) is 3.13. The van der Waals surface area contributed by atoms with Crippen molar-refractivity contribution in [3.63, 3.8) is 0 Å². The minimum absolute atomic E-state index is 0.124. The van der Waals surface area contributed by atoms with Gasteiger partial charge >= 0.3 is 12.2 Å². The van der Waals surface area contributed by atoms with E-state index in [9.17, 15) is 18.0 Å². The van der Waals surface area contributed by atoms with Crippen LogP contribution < -0.4 is 15.0 Å². The molecule has 2 aromatic carbocycles. The summed E-state index contributed by atoms with van der Waals surface area (Å²) in [5.41, 5.74) is -0.208. The number of aromatic nitrogens is 1. The van der Waals surface area contributed by atoms with Gasteiger partial charge < -0.3 is 4.74 Å². The van der Waals surface area contributed by atoms with Gasteiger partial charge in [-0.05, 0) is 56.4 Å². The second-order valence-corrected chi connectivity index (χ2v) is 8.85. The van der Waals surface area contributed by atoms with Crippen molar-refractivity contribution in [3.05, 3.63) is 60.3 Å². The maximum atomic E-state index is 13.1. The lowest BCUT2D eigenvalue weighted by molar-refractivity contribution is -0.138. The fraction of sp³-hybridized carbons (Fsp3) is 0.200. The summed E-state index contributed by atoms with van der Waals surface area (Å²) in [5.74, 6) is -0.330. The quantitative estimate of drug-likeness (QED) is 0.437. The highest BCUT2D eigenvalue weighted by molar-refractivity contribution is 7.97. The number of urea groups is 1. The van der Waals surface area contributed by atoms with Crippen LogP contribution in [0.3, 0.4) is 0 Å². The number of nitrogens with zero attached hydrogens (tertiary/aromatic N) is 3. The van der Waals surface area contributed by atoms with Crippen molar-refractivity contribution in [1.82, 2.24) is 9.29 Å². The maximum Gasteiger partial charge on any atom is 0.419 e. The molecule has 0 aliphatic carbocycles. The number of hydrogen-bond donors (Lipinski definition) is 1. The normalized spacial score (nSPS) is 11.5. The number of carbonyl (C=O) groups is 1. The third kappa shape index (κ3) is 6.12. The lowest BCUT2D eigenvalue weighted by atomic mass is 10.2. The first kappa shape index (κ1) is 22.9. The van der Waals surface area contributed by atoms with E-state index < -0.39 is 17.8 Å². The lowest BCUT2D eigenvalue weighted by Crippen LogP contribution is -2.31. The number of amides is 2. The van der Waals surface area contributed by atoms with Gasteiger partial charge in [0, 0.05) is 17.6 Å². The monoisotopic (exact) mass is 468 g/mol. The number of thiazole rings is 1. The summed E-state index contributed by atoms with van der Waals surface area (Å²) >= 11 is 2.45. The van der Waals surface area contributed by atoms with E-state index in [4.69, 9.17) is 4.74 Å². The number of ether oxygens (including phenoxy) is 1. The van der Waals surface area contributed by atoms with E-state index in [2.05, 4.69) is 10.3 Å². The first-order valence-electron chi connectivity index (χ1n) is 8.93. The molecule has 164 valence electrons. The van der Waals surface area contributed by atoms with Gasteiger partial charge in [0.05, 0.1) is 11.8 Å². The van der Waals surface area contributed by atoms with Gasteiger partial charge in [0.1, 0.15) is 5.75 Å². The predicted octanol–water partition coefficient (Wildman–Crippen LogP) is 6.19. The molecule has 3 rings (SSSR count). The summed E-state index contributed by atoms with van der Waals surface area (Å²) in [5, 5.41) is 2.95. The van der Waals surface area contributed by atoms with Crippen LogP contribution in [0.4, 0.5) is 28.8 Å². The van der Waals surface area contributed by atoms with Gasteiger partial charge in [0.25, 0.3) is 0 Å². The van der Waals surface area contributed by atoms with Gasteiger partial charge in [0.15, 0.2) is 5.13 Å². The zero-order valence-electron chi connectivity index (χ0n) is 16.8. The minimum atomic E-state index is -4.54. The molecule has 0 bridgehead atoms. The van der Waals surface area contributed by atoms with Gasteiger partial charge in [-0.15, -0.1) is 0 Å². The number of nitrogens with one attached hydrogen (secondary N) is 1. The van der Waals surface area contributed by atoms with Crippen molar-refractivity contribution < 1.29 is 22.7 Å². The summed E-state index contributed by atoms with van der Waals surface area (Å²) in [6.07, 6.45) is -3.28. The average molecular weight is 469 g/mol. The Bertz CT molecular complexity index is 1060. The topological polar surface area (TPSA) is 57.7 Å². The van der Waals surface area contributed by atoms with Gasteiger partial charge in [-0.3, -0.25) is 14.5 Å². The highest BCUT2D eigenvalue weighted by Crippen LogP contribution is 2.39. The number of benzene rings is 2. The highest BCUT2D eigenvalue weighted by Gasteiger charge is 2.34. The molecule has 0 aliphatic rings. The molecule has 0 saturated heterocycles. The van der Waals surface area contributed by atoms with E-state index in [0.29, 0.717) is 5.69 Å². The molecule has 0 spiro atoms. The van der Waals surface area contributed by atoms with Crippen molar-refractivity contribution in [2.45, 2.75) is 11.1 Å². The van der Waals surface area contributed by atoms with E-state index in [-0.39, 0.29) is 15.9 Å². The van der Waals surface area contributed by atoms with E-state index in [0.717, 1.165) is 22.3 Å². The van der Waals surface area contributed by atoms with Crippen LogP contribution in [0, 0.1) is 0 Å². The van der Waals surface area contributed by atoms with Gasteiger partial charge in [-0.1, -0.05) is 29.5 Å². The van der Waals surface area contributed by atoms with E-state index in [1.54, 1.807) is 13.1 Å². The fourth-order valence-electron chi connectivity index (χ4n) is 2.51. The summed E-state index contributed by atoms with van der Waals surface area (Å²) in [6.45, 7) is 0. The molecule has 31 heavy (non-hydrogen) atoms. The predicted molar refractivity (Wildman–Crippen MR) is 117 cm³/mol. The summed E-state index contributed by atoms with van der Waals surface area (Å²) in [4.78, 5) is 19.0. The van der Waals surface area contributed by atoms with Crippen LogP contribution in [0.1, 0.15) is 5.56 Å². The molecule has 0 unspecified atom stereocenters. The van der Waals surface area contributed by atoms with Crippen LogP contribution >= 0.6 is 23.3 Å². The third-order valence-corrected chi connectivity index (χ3v) is 5.52. The van der Waals surface area contributed by atoms with Crippen molar-refractivity contribution >= 4 is 40.1 Å². The van der Waals surface area contributed by atoms with Gasteiger partial charge in [-0.2, -0.15) is 13.2 Å². The zero-order chi connectivity index (χ0) is 22.6. The molecule has 2 amide bonds. The molecule has 1 heterocycles. The van der Waals surface area contributed by atoms with E-state index in [1.807, 2.05) is 36.6 Å². The number of alkyl halides is 3. The van der Waals surface area contributed by atoms with Gasteiger partial charge in [0.2, 0.25) is 5.06 Å². The largest absolute Gasteiger partial charge is 0.444 e. The molecule has 1 aromatic heterocycles. The third-order valence-electron chi connectivity index (χ3n) is 3.90. The number of hydrogen-bond acceptors (Lipinski definition) is 6. The molecule has 0 radical (unpaired) electrons. The molecular formula is C20H19F3N4O2S2. The van der Waals surface area contributed by atoms with Crippen LogP contribution in [-0.4, -0.2) is 36.5 Å². The van der Waals surface area contributed by atoms with E-state index in [1.165, 1.54) is 41.2 Å². The Morgan fingerprint density at radius 1 is 1.13 bits per heavy atom. The second kappa shape index (κ2) is 9.58. The Labute approximate surface area is 185 Å². The zero-order valence-corrected chi connectivity index (χ0v) is 18.4. The molecule has 6 nitrogen and oxygen atoms in total. The Hall–Kier alpha value is -2.76. The first-order valence-corrected chi connectivity index (χ1v) is 10.5.